The summed E-state index contributed by atoms with van der Waals surface area (Å²) in [6.45, 7) is 1.28. The fourth-order valence-corrected chi connectivity index (χ4v) is 12.7. The molecule has 2 aliphatic rings. The van der Waals surface area contributed by atoms with Gasteiger partial charge in [-0.2, -0.15) is 0 Å². The van der Waals surface area contributed by atoms with Crippen molar-refractivity contribution in [3.8, 4) is 0 Å². The number of aliphatic hydroxyl groups excluding tert-OH is 1. The summed E-state index contributed by atoms with van der Waals surface area (Å²) in [7, 11) is 0. The molecule has 2 heterocycles. The maximum Gasteiger partial charge on any atom is 0.329 e. The van der Waals surface area contributed by atoms with Crippen LogP contribution >= 0.6 is 12.2 Å². The van der Waals surface area contributed by atoms with Crippen molar-refractivity contribution in [2.45, 2.75) is 228 Å². The minimum Gasteiger partial charge on any atom is -0.481 e. The fourth-order valence-electron chi connectivity index (χ4n) is 12.4. The first-order chi connectivity index (χ1) is 57.3. The lowest BCUT2D eigenvalue weighted by Gasteiger charge is -2.30. The number of H-pyrrole nitrogens is 1. The Hall–Kier alpha value is -13.0. The highest BCUT2D eigenvalue weighted by atomic mass is 32.1. The number of carboxylic acid groups (broad SMARTS) is 4. The molecule has 1 aromatic heterocycles. The van der Waals surface area contributed by atoms with Crippen LogP contribution in [0.2, 0.25) is 0 Å². The SMILES string of the molecule is CCCCCCCCCC(=O)NC(Cc1c[nH]c2ccccc12)C(=O)NC(CC(N)=O)C(=O)NC(CC(=O)O)C(=O)NC1C(=O)NCC(=O)NC(CCCNC(=S)NC2CC2)C(=O)NC(CC(=O)O)C(=O)NC(C)C(=O)NC(CC(=O)O)C(=O)NCC(=O)NC(CO)C(=O)NC(C(C)CC(=O)O)C(=O)NC(CC(=O)c2ccccc2N)C(=O)OC1C. The molecule has 45 heteroatoms. The molecule has 2 aromatic carbocycles. The predicted molar refractivity (Wildman–Crippen MR) is 428 cm³/mol. The van der Waals surface area contributed by atoms with Crippen LogP contribution in [-0.2, 0) is 102 Å². The van der Waals surface area contributed by atoms with Crippen molar-refractivity contribution >= 4 is 152 Å². The molecule has 121 heavy (non-hydrogen) atoms. The number of carbonyl (C=O) groups excluding carboxylic acids is 16. The van der Waals surface area contributed by atoms with E-state index >= 15 is 0 Å². The van der Waals surface area contributed by atoms with Crippen LogP contribution in [0.15, 0.2) is 54.7 Å². The molecular formula is C76H106N18O26S. The lowest BCUT2D eigenvalue weighted by molar-refractivity contribution is -0.156. The number of amides is 14. The zero-order chi connectivity index (χ0) is 89.7. The summed E-state index contributed by atoms with van der Waals surface area (Å²) in [5.74, 6) is -29.8. The number of ketones is 1. The van der Waals surface area contributed by atoms with Crippen molar-refractivity contribution in [3.05, 3.63) is 65.9 Å². The van der Waals surface area contributed by atoms with Crippen LogP contribution in [0.4, 0.5) is 5.69 Å². The summed E-state index contributed by atoms with van der Waals surface area (Å²) in [6, 6.07) is -10.6. The molecule has 0 spiro atoms. The molecule has 3 aromatic rings. The van der Waals surface area contributed by atoms with Gasteiger partial charge in [0.25, 0.3) is 0 Å². The highest BCUT2D eigenvalue weighted by Gasteiger charge is 2.41. The van der Waals surface area contributed by atoms with Gasteiger partial charge in [0, 0.05) is 60.2 Å². The number of cyclic esters (lactones) is 1. The van der Waals surface area contributed by atoms with Gasteiger partial charge in [0.2, 0.25) is 82.7 Å². The van der Waals surface area contributed by atoms with Crippen LogP contribution < -0.4 is 91.2 Å². The van der Waals surface area contributed by atoms with E-state index in [1.54, 1.807) is 30.5 Å². The van der Waals surface area contributed by atoms with Crippen molar-refractivity contribution < 1.29 is 126 Å². The van der Waals surface area contributed by atoms with Gasteiger partial charge in [-0.1, -0.05) is 82.7 Å². The van der Waals surface area contributed by atoms with Crippen molar-refractivity contribution in [3.63, 3.8) is 0 Å². The predicted octanol–water partition coefficient (Wildman–Crippen LogP) is -4.95. The number of esters is 1. The Morgan fingerprint density at radius 2 is 1.12 bits per heavy atom. The van der Waals surface area contributed by atoms with Crippen LogP contribution in [0.3, 0.4) is 0 Å². The van der Waals surface area contributed by atoms with Gasteiger partial charge in [0.15, 0.2) is 10.9 Å². The number of benzene rings is 2. The van der Waals surface area contributed by atoms with Crippen LogP contribution in [0.1, 0.15) is 159 Å². The molecule has 25 N–H and O–H groups in total. The number of fused-ring (bicyclic) bond motifs is 1. The largest absolute Gasteiger partial charge is 0.481 e. The smallest absolute Gasteiger partial charge is 0.329 e. The van der Waals surface area contributed by atoms with Crippen molar-refractivity contribution in [1.29, 1.82) is 0 Å². The lowest BCUT2D eigenvalue weighted by Crippen LogP contribution is -2.62. The van der Waals surface area contributed by atoms with Crippen LogP contribution in [-0.4, -0.2) is 259 Å². The number of carbonyl (C=O) groups is 20. The summed E-state index contributed by atoms with van der Waals surface area (Å²) < 4.78 is 5.73. The van der Waals surface area contributed by atoms with Crippen molar-refractivity contribution in [2.24, 2.45) is 11.7 Å². The highest BCUT2D eigenvalue weighted by molar-refractivity contribution is 7.80. The van der Waals surface area contributed by atoms with E-state index in [9.17, 15) is 121 Å². The van der Waals surface area contributed by atoms with Gasteiger partial charge in [-0.3, -0.25) is 91.1 Å². The summed E-state index contributed by atoms with van der Waals surface area (Å²) in [6.07, 6.45) is -0.718. The van der Waals surface area contributed by atoms with Crippen molar-refractivity contribution in [2.75, 3.05) is 32.0 Å². The van der Waals surface area contributed by atoms with E-state index in [0.29, 0.717) is 29.3 Å². The number of aliphatic carboxylic acids is 4. The molecule has 1 saturated carbocycles. The Balaban J connectivity index is 1.62. The maximum atomic E-state index is 14.9. The molecule has 0 bridgehead atoms. The number of para-hydroxylation sites is 2. The number of hydrogen-bond donors (Lipinski definition) is 23. The van der Waals surface area contributed by atoms with E-state index in [-0.39, 0.29) is 48.2 Å². The molecule has 1 aliphatic heterocycles. The number of primary amides is 1. The zero-order valence-electron chi connectivity index (χ0n) is 66.9. The first-order valence-corrected chi connectivity index (χ1v) is 39.5. The third-order valence-electron chi connectivity index (χ3n) is 19.0. The number of unbranched alkanes of at least 4 members (excludes halogenated alkanes) is 6. The number of ether oxygens (including phenoxy) is 1. The molecule has 0 radical (unpaired) electrons. The Morgan fingerprint density at radius 3 is 1.73 bits per heavy atom. The number of carboxylic acids is 4. The Labute approximate surface area is 698 Å². The molecule has 13 unspecified atom stereocenters. The monoisotopic (exact) mass is 1720 g/mol. The molecule has 1 aliphatic carbocycles. The number of rotatable bonds is 37. The number of Topliss-reactive ketones (excluding diaryl/α,β-unsaturated/α-hetero) is 1. The number of nitrogens with two attached hydrogens (primary N) is 2. The summed E-state index contributed by atoms with van der Waals surface area (Å²) in [5, 5.41) is 85.5. The number of anilines is 1. The van der Waals surface area contributed by atoms with Crippen LogP contribution in [0.25, 0.3) is 10.9 Å². The number of aliphatic hydroxyl groups is 1. The Bertz CT molecular complexity index is 4290. The number of hydrogen-bond acceptors (Lipinski definition) is 24. The number of nitrogens with one attached hydrogen (secondary N) is 16. The van der Waals surface area contributed by atoms with Gasteiger partial charge in [-0.25, -0.2) is 4.79 Å². The second-order valence-corrected chi connectivity index (χ2v) is 29.5. The molecule has 5 rings (SSSR count). The zero-order valence-corrected chi connectivity index (χ0v) is 67.7. The van der Waals surface area contributed by atoms with Gasteiger partial charge >= 0.3 is 29.8 Å². The number of aromatic nitrogens is 1. The van der Waals surface area contributed by atoms with E-state index in [2.05, 4.69) is 75.7 Å². The fraction of sp³-hybridized carbons (Fsp3) is 0.539. The molecule has 2 fully saturated rings. The third kappa shape index (κ3) is 34.5. The molecular weight excluding hydrogens is 1610 g/mol. The molecule has 1 saturated heterocycles. The molecule has 662 valence electrons. The van der Waals surface area contributed by atoms with E-state index in [4.69, 9.17) is 28.4 Å². The van der Waals surface area contributed by atoms with Gasteiger partial charge < -0.3 is 126 Å². The molecule has 44 nitrogen and oxygen atoms in total. The molecule has 14 amide bonds. The maximum absolute atomic E-state index is 14.9. The Kier molecular flexibility index (Phi) is 40.3. The first-order valence-electron chi connectivity index (χ1n) is 39.1. The summed E-state index contributed by atoms with van der Waals surface area (Å²) in [5.41, 5.74) is 12.4. The normalized spacial score (nSPS) is 21.2. The third-order valence-corrected chi connectivity index (χ3v) is 19.3. The minimum atomic E-state index is -2.46. The second kappa shape index (κ2) is 49.4. The lowest BCUT2D eigenvalue weighted by atomic mass is 9.96. The average Bonchev–Trinajstić information content (AvgIpc) is 1.72. The van der Waals surface area contributed by atoms with Gasteiger partial charge in [0.1, 0.15) is 72.6 Å². The second-order valence-electron chi connectivity index (χ2n) is 29.1. The van der Waals surface area contributed by atoms with E-state index in [1.165, 1.54) is 24.3 Å². The number of aromatic amines is 1. The van der Waals surface area contributed by atoms with Crippen LogP contribution in [0, 0.1) is 5.92 Å². The average molecular weight is 1720 g/mol. The van der Waals surface area contributed by atoms with Crippen molar-refractivity contribution in [1.82, 2.24) is 84.7 Å². The molecule has 13 atom stereocenters. The first kappa shape index (κ1) is 98.6. The standard InChI is InChI=1S/C76H106N18O26S/c1-5-6-7-8-9-10-11-22-56(98)86-47(27-40-33-80-45-20-15-13-17-42(40)45)69(113)89-48(29-55(78)97)70(114)91-51(32-62(107)108)71(115)94-64-39(4)120-75(119)52(28-54(96)43-18-12-14-19-44(43)77)92-74(118)63(37(2)26-59(101)102)93-72(116)53(36-95)87-58(100)34-81-66(110)49(30-60(103)104)88-65(109)38(3)83-68(112)50(31-61(105)106)90-67(111)46(85-57(99)35-82-73(64)117)21-16-25-79-76(121)84-41-23-24-41/h12-15,17-20,33,37-39,41,46-53,63-64,80,95H,5-11,16,21-32,34-36,77H2,1-4H3,(H2,78,97)(H,81,110)(H,82,117)(H,83,112)(H,85,99)(H,86,98)(H,87,100)(H,88,109)(H,89,113)(H,90,111)(H,91,114)(H,92,118)(H,93,116)(H,94,115)(H,101,102)(H,103,104)(H,105,106)(H,107,108)(H2,79,84,121). The van der Waals surface area contributed by atoms with Gasteiger partial charge in [-0.05, 0) is 87.8 Å². The topological polar surface area (TPSA) is 700 Å². The quantitative estimate of drug-likeness (QED) is 0.00845. The summed E-state index contributed by atoms with van der Waals surface area (Å²) >= 11 is 5.33. The highest BCUT2D eigenvalue weighted by Crippen LogP contribution is 2.22. The number of nitrogen functional groups attached to an aromatic ring is 1. The number of thiocarbonyl (C=S) groups is 1. The minimum absolute atomic E-state index is 0.00727. The van der Waals surface area contributed by atoms with E-state index in [0.717, 1.165) is 65.7 Å². The van der Waals surface area contributed by atoms with Gasteiger partial charge in [-0.15, -0.1) is 0 Å². The summed E-state index contributed by atoms with van der Waals surface area (Å²) in [4.78, 5) is 278. The van der Waals surface area contributed by atoms with E-state index in [1.807, 2.05) is 16.0 Å². The van der Waals surface area contributed by atoms with Crippen LogP contribution in [0.5, 0.6) is 0 Å². The Morgan fingerprint density at radius 1 is 0.562 bits per heavy atom. The van der Waals surface area contributed by atoms with E-state index < -0.39 is 261 Å². The van der Waals surface area contributed by atoms with Gasteiger partial charge in [0.05, 0.1) is 51.8 Å².